The van der Waals surface area contributed by atoms with E-state index in [9.17, 15) is 5.26 Å². The lowest BCUT2D eigenvalue weighted by atomic mass is 9.81. The zero-order chi connectivity index (χ0) is 14.7. The van der Waals surface area contributed by atoms with Gasteiger partial charge in [-0.1, -0.05) is 6.07 Å². The Balaban J connectivity index is 3.44. The second-order valence-corrected chi connectivity index (χ2v) is 5.86. The lowest BCUT2D eigenvalue weighted by molar-refractivity contribution is 0.643. The van der Waals surface area contributed by atoms with Crippen molar-refractivity contribution in [2.75, 3.05) is 7.05 Å². The predicted octanol–water partition coefficient (Wildman–Crippen LogP) is 3.36. The van der Waals surface area contributed by atoms with E-state index in [1.165, 1.54) is 0 Å². The van der Waals surface area contributed by atoms with Gasteiger partial charge in [0.25, 0.3) is 5.54 Å². The maximum atomic E-state index is 9.29. The number of nitriles is 1. The van der Waals surface area contributed by atoms with Gasteiger partial charge in [0.2, 0.25) is 0 Å². The van der Waals surface area contributed by atoms with E-state index in [0.717, 1.165) is 23.2 Å². The molecule has 0 heterocycles. The first kappa shape index (κ1) is 15.2. The third kappa shape index (κ3) is 3.34. The molecule has 0 aliphatic carbocycles. The number of benzene rings is 1. The van der Waals surface area contributed by atoms with Crippen LogP contribution in [0.25, 0.3) is 4.85 Å². The molecule has 3 heteroatoms. The molecule has 0 aliphatic rings. The van der Waals surface area contributed by atoms with Crippen molar-refractivity contribution >= 4 is 0 Å². The molecule has 19 heavy (non-hydrogen) atoms. The molecular formula is C16H21N3. The zero-order valence-electron chi connectivity index (χ0n) is 12.3. The van der Waals surface area contributed by atoms with Crippen LogP contribution in [-0.4, -0.2) is 7.05 Å². The highest BCUT2D eigenvalue weighted by Crippen LogP contribution is 2.31. The number of hydrogen-bond acceptors (Lipinski definition) is 2. The average Bonchev–Trinajstić information content (AvgIpc) is 2.38. The fraction of sp³-hybridized carbons (Fsp3) is 0.500. The van der Waals surface area contributed by atoms with E-state index < -0.39 is 11.0 Å². The molecule has 0 bridgehead atoms. The fourth-order valence-electron chi connectivity index (χ4n) is 1.84. The summed E-state index contributed by atoms with van der Waals surface area (Å²) in [5.74, 6) is 0. The van der Waals surface area contributed by atoms with Crippen LogP contribution in [0.3, 0.4) is 0 Å². The van der Waals surface area contributed by atoms with E-state index in [2.05, 4.69) is 16.2 Å². The molecule has 1 aromatic carbocycles. The molecule has 0 saturated carbocycles. The summed E-state index contributed by atoms with van der Waals surface area (Å²) in [5, 5.41) is 12.4. The van der Waals surface area contributed by atoms with E-state index in [1.54, 1.807) is 0 Å². The summed E-state index contributed by atoms with van der Waals surface area (Å²) in [5.41, 5.74) is 1.93. The quantitative estimate of drug-likeness (QED) is 0.838. The van der Waals surface area contributed by atoms with Crippen LogP contribution in [0.1, 0.15) is 44.4 Å². The second kappa shape index (κ2) is 5.43. The van der Waals surface area contributed by atoms with Gasteiger partial charge in [-0.05, 0) is 44.2 Å². The van der Waals surface area contributed by atoms with Crippen molar-refractivity contribution in [1.29, 1.82) is 5.26 Å². The van der Waals surface area contributed by atoms with Gasteiger partial charge in [-0.2, -0.15) is 5.26 Å². The van der Waals surface area contributed by atoms with Gasteiger partial charge >= 0.3 is 0 Å². The monoisotopic (exact) mass is 255 g/mol. The third-order valence-electron chi connectivity index (χ3n) is 3.36. The van der Waals surface area contributed by atoms with Crippen LogP contribution in [0.5, 0.6) is 0 Å². The van der Waals surface area contributed by atoms with E-state index in [4.69, 9.17) is 6.57 Å². The second-order valence-electron chi connectivity index (χ2n) is 5.86. The first-order valence-electron chi connectivity index (χ1n) is 6.36. The summed E-state index contributed by atoms with van der Waals surface area (Å²) in [6, 6.07) is 8.40. The number of nitrogens with zero attached hydrogens (tertiary/aromatic N) is 2. The standard InChI is InChI=1S/C16H21N3/c1-15(2,11-17)13-7-12(10-18-5)8-14(9-13)16(3,4)19-6/h7-9,18H,10H2,1-5H3. The van der Waals surface area contributed by atoms with Gasteiger partial charge in [0.05, 0.1) is 11.5 Å². The van der Waals surface area contributed by atoms with Crippen LogP contribution in [-0.2, 0) is 17.5 Å². The van der Waals surface area contributed by atoms with Gasteiger partial charge < -0.3 is 10.2 Å². The van der Waals surface area contributed by atoms with Crippen LogP contribution >= 0.6 is 0 Å². The fourth-order valence-corrected chi connectivity index (χ4v) is 1.84. The molecule has 0 radical (unpaired) electrons. The highest BCUT2D eigenvalue weighted by Gasteiger charge is 2.29. The van der Waals surface area contributed by atoms with Crippen molar-refractivity contribution in [3.8, 4) is 6.07 Å². The van der Waals surface area contributed by atoms with E-state index in [1.807, 2.05) is 52.9 Å². The van der Waals surface area contributed by atoms with Crippen LogP contribution < -0.4 is 5.32 Å². The summed E-state index contributed by atoms with van der Waals surface area (Å²) < 4.78 is 0. The SMILES string of the molecule is [C-]#[N+]C(C)(C)c1cc(CNC)cc(C(C)(C)C#N)c1. The van der Waals surface area contributed by atoms with Crippen molar-refractivity contribution in [2.45, 2.75) is 45.2 Å². The summed E-state index contributed by atoms with van der Waals surface area (Å²) in [7, 11) is 1.89. The molecule has 0 aliphatic heterocycles. The summed E-state index contributed by atoms with van der Waals surface area (Å²) >= 11 is 0. The molecule has 1 aromatic rings. The number of rotatable bonds is 4. The molecule has 0 amide bonds. The van der Waals surface area contributed by atoms with E-state index in [-0.39, 0.29) is 0 Å². The van der Waals surface area contributed by atoms with Crippen molar-refractivity contribution in [1.82, 2.24) is 5.32 Å². The highest BCUT2D eigenvalue weighted by atomic mass is 14.8. The van der Waals surface area contributed by atoms with Gasteiger partial charge in [0.1, 0.15) is 0 Å². The van der Waals surface area contributed by atoms with Gasteiger partial charge in [-0.3, -0.25) is 0 Å². The van der Waals surface area contributed by atoms with Crippen LogP contribution in [0.2, 0.25) is 0 Å². The Morgan fingerprint density at radius 3 is 2.26 bits per heavy atom. The van der Waals surface area contributed by atoms with E-state index in [0.29, 0.717) is 0 Å². The smallest absolute Gasteiger partial charge is 0.252 e. The van der Waals surface area contributed by atoms with Crippen molar-refractivity contribution in [2.24, 2.45) is 0 Å². The van der Waals surface area contributed by atoms with Crippen molar-refractivity contribution in [3.63, 3.8) is 0 Å². The molecule has 1 N–H and O–H groups in total. The minimum atomic E-state index is -0.565. The van der Waals surface area contributed by atoms with Gasteiger partial charge in [-0.25, -0.2) is 6.57 Å². The summed E-state index contributed by atoms with van der Waals surface area (Å²) in [4.78, 5) is 3.69. The molecular weight excluding hydrogens is 234 g/mol. The Hall–Kier alpha value is -1.84. The molecule has 0 fully saturated rings. The first-order chi connectivity index (χ1) is 8.76. The van der Waals surface area contributed by atoms with E-state index >= 15 is 0 Å². The normalized spacial score (nSPS) is 11.7. The Bertz CT molecular complexity index is 498. The lowest BCUT2D eigenvalue weighted by Crippen LogP contribution is -2.19. The van der Waals surface area contributed by atoms with Gasteiger partial charge in [0.15, 0.2) is 0 Å². The Morgan fingerprint density at radius 2 is 1.79 bits per heavy atom. The van der Waals surface area contributed by atoms with Gasteiger partial charge in [0, 0.05) is 26.0 Å². The van der Waals surface area contributed by atoms with Gasteiger partial charge in [-0.15, -0.1) is 0 Å². The summed E-state index contributed by atoms with van der Waals surface area (Å²) in [6.45, 7) is 15.7. The maximum Gasteiger partial charge on any atom is 0.252 e. The molecule has 0 atom stereocenters. The molecule has 0 spiro atoms. The topological polar surface area (TPSA) is 40.2 Å². The largest absolute Gasteiger partial charge is 0.316 e. The van der Waals surface area contributed by atoms with Crippen LogP contribution in [0.4, 0.5) is 0 Å². The maximum absolute atomic E-state index is 9.29. The Labute approximate surface area is 116 Å². The molecule has 3 nitrogen and oxygen atoms in total. The highest BCUT2D eigenvalue weighted by molar-refractivity contribution is 5.41. The molecule has 1 rings (SSSR count). The lowest BCUT2D eigenvalue weighted by Gasteiger charge is -2.21. The molecule has 100 valence electrons. The minimum absolute atomic E-state index is 0.545. The summed E-state index contributed by atoms with van der Waals surface area (Å²) in [6.07, 6.45) is 0. The van der Waals surface area contributed by atoms with Crippen LogP contribution in [0.15, 0.2) is 18.2 Å². The van der Waals surface area contributed by atoms with Crippen LogP contribution in [0, 0.1) is 17.9 Å². The van der Waals surface area contributed by atoms with Crippen molar-refractivity contribution < 1.29 is 0 Å². The molecule has 0 saturated heterocycles. The third-order valence-corrected chi connectivity index (χ3v) is 3.36. The zero-order valence-corrected chi connectivity index (χ0v) is 12.3. The Morgan fingerprint density at radius 1 is 1.21 bits per heavy atom. The first-order valence-corrected chi connectivity index (χ1v) is 6.36. The predicted molar refractivity (Wildman–Crippen MR) is 77.5 cm³/mol. The minimum Gasteiger partial charge on any atom is -0.316 e. The Kier molecular flexibility index (Phi) is 4.35. The molecule has 0 unspecified atom stereocenters. The number of nitrogens with one attached hydrogen (secondary N) is 1. The van der Waals surface area contributed by atoms with Crippen molar-refractivity contribution in [3.05, 3.63) is 46.3 Å². The number of hydrogen-bond donors (Lipinski definition) is 1. The molecule has 0 aromatic heterocycles. The average molecular weight is 255 g/mol.